The molecular formula is C14H24N2OS. The lowest BCUT2D eigenvalue weighted by atomic mass is 10.1. The van der Waals surface area contributed by atoms with Gasteiger partial charge in [-0.15, -0.1) is 0 Å². The van der Waals surface area contributed by atoms with E-state index in [4.69, 9.17) is 10.5 Å². The quantitative estimate of drug-likeness (QED) is 0.742. The lowest BCUT2D eigenvalue weighted by Crippen LogP contribution is -2.26. The van der Waals surface area contributed by atoms with Gasteiger partial charge < -0.3 is 15.4 Å². The van der Waals surface area contributed by atoms with Crippen LogP contribution < -0.4 is 10.5 Å². The van der Waals surface area contributed by atoms with Gasteiger partial charge in [-0.1, -0.05) is 12.1 Å². The first-order valence-electron chi connectivity index (χ1n) is 6.35. The molecule has 0 aliphatic heterocycles. The minimum absolute atomic E-state index is 0.695. The van der Waals surface area contributed by atoms with Gasteiger partial charge in [0, 0.05) is 18.8 Å². The molecule has 1 aromatic carbocycles. The summed E-state index contributed by atoms with van der Waals surface area (Å²) in [5.74, 6) is 2.11. The second-order valence-electron chi connectivity index (χ2n) is 4.33. The maximum absolute atomic E-state index is 5.71. The summed E-state index contributed by atoms with van der Waals surface area (Å²) in [6.07, 6.45) is 3.06. The summed E-state index contributed by atoms with van der Waals surface area (Å²) in [5.41, 5.74) is 6.78. The highest BCUT2D eigenvalue weighted by molar-refractivity contribution is 7.98. The summed E-state index contributed by atoms with van der Waals surface area (Å²) in [6.45, 7) is 3.51. The van der Waals surface area contributed by atoms with Crippen LogP contribution in [0.5, 0.6) is 5.75 Å². The van der Waals surface area contributed by atoms with E-state index in [9.17, 15) is 0 Å². The number of ether oxygens (including phenoxy) is 1. The Balaban J connectivity index is 2.22. The van der Waals surface area contributed by atoms with Crippen LogP contribution in [0.1, 0.15) is 5.56 Å². The molecule has 0 amide bonds. The maximum atomic E-state index is 5.71. The molecule has 0 bridgehead atoms. The Morgan fingerprint density at radius 2 is 1.94 bits per heavy atom. The summed E-state index contributed by atoms with van der Waals surface area (Å²) in [5, 5.41) is 0. The minimum atomic E-state index is 0.695. The molecule has 0 atom stereocenters. The predicted molar refractivity (Wildman–Crippen MR) is 80.6 cm³/mol. The Morgan fingerprint density at radius 1 is 1.22 bits per heavy atom. The fourth-order valence-corrected chi connectivity index (χ4v) is 2.09. The van der Waals surface area contributed by atoms with Gasteiger partial charge in [-0.2, -0.15) is 11.8 Å². The fourth-order valence-electron chi connectivity index (χ4n) is 1.60. The zero-order valence-corrected chi connectivity index (χ0v) is 12.2. The molecular weight excluding hydrogens is 244 g/mol. The molecule has 4 heteroatoms. The molecule has 102 valence electrons. The highest BCUT2D eigenvalue weighted by Gasteiger charge is 1.99. The molecule has 3 nitrogen and oxygen atoms in total. The van der Waals surface area contributed by atoms with Gasteiger partial charge in [0.2, 0.25) is 0 Å². The van der Waals surface area contributed by atoms with E-state index in [2.05, 4.69) is 30.3 Å². The summed E-state index contributed by atoms with van der Waals surface area (Å²) in [7, 11) is 2.13. The molecule has 18 heavy (non-hydrogen) atoms. The van der Waals surface area contributed by atoms with Gasteiger partial charge >= 0.3 is 0 Å². The Labute approximate surface area is 115 Å². The van der Waals surface area contributed by atoms with E-state index < -0.39 is 0 Å². The molecule has 0 saturated carbocycles. The predicted octanol–water partition coefficient (Wildman–Crippen LogP) is 1.86. The standard InChI is InChI=1S/C14H24N2OS/c1-16(10-12-18-2)9-11-17-14-5-3-13(4-6-14)7-8-15/h3-6H,7-12,15H2,1-2H3. The summed E-state index contributed by atoms with van der Waals surface area (Å²) < 4.78 is 5.71. The van der Waals surface area contributed by atoms with E-state index >= 15 is 0 Å². The van der Waals surface area contributed by atoms with E-state index in [1.807, 2.05) is 23.9 Å². The van der Waals surface area contributed by atoms with Crippen molar-refractivity contribution in [2.75, 3.05) is 45.3 Å². The molecule has 2 N–H and O–H groups in total. The smallest absolute Gasteiger partial charge is 0.119 e. The number of thioether (sulfide) groups is 1. The van der Waals surface area contributed by atoms with Crippen molar-refractivity contribution in [3.63, 3.8) is 0 Å². The Morgan fingerprint density at radius 3 is 2.56 bits per heavy atom. The van der Waals surface area contributed by atoms with E-state index in [0.717, 1.165) is 31.9 Å². The molecule has 0 aliphatic carbocycles. The van der Waals surface area contributed by atoms with Crippen LogP contribution in [0.25, 0.3) is 0 Å². The molecule has 0 aliphatic rings. The highest BCUT2D eigenvalue weighted by atomic mass is 32.2. The molecule has 0 aromatic heterocycles. The SMILES string of the molecule is CSCCN(C)CCOc1ccc(CCN)cc1. The third-order valence-corrected chi connectivity index (χ3v) is 3.37. The lowest BCUT2D eigenvalue weighted by Gasteiger charge is -2.16. The number of likely N-dealkylation sites (N-methyl/N-ethyl adjacent to an activating group) is 1. The fraction of sp³-hybridized carbons (Fsp3) is 0.571. The molecule has 0 radical (unpaired) electrons. The van der Waals surface area contributed by atoms with Gasteiger partial charge in [-0.25, -0.2) is 0 Å². The first-order valence-corrected chi connectivity index (χ1v) is 7.75. The number of nitrogens with two attached hydrogens (primary N) is 1. The highest BCUT2D eigenvalue weighted by Crippen LogP contribution is 2.12. The minimum Gasteiger partial charge on any atom is -0.492 e. The van der Waals surface area contributed by atoms with Crippen molar-refractivity contribution in [1.29, 1.82) is 0 Å². The Kier molecular flexibility index (Phi) is 7.89. The molecule has 1 aromatic rings. The van der Waals surface area contributed by atoms with Crippen molar-refractivity contribution in [1.82, 2.24) is 4.90 Å². The van der Waals surface area contributed by atoms with Gasteiger partial charge in [-0.3, -0.25) is 0 Å². The number of hydrogen-bond donors (Lipinski definition) is 1. The molecule has 1 rings (SSSR count). The third-order valence-electron chi connectivity index (χ3n) is 2.78. The molecule has 0 spiro atoms. The van der Waals surface area contributed by atoms with Crippen molar-refractivity contribution in [3.05, 3.63) is 29.8 Å². The molecule has 0 saturated heterocycles. The number of rotatable bonds is 9. The summed E-state index contributed by atoms with van der Waals surface area (Å²) in [4.78, 5) is 2.29. The van der Waals surface area contributed by atoms with Crippen molar-refractivity contribution < 1.29 is 4.74 Å². The van der Waals surface area contributed by atoms with Crippen LogP contribution >= 0.6 is 11.8 Å². The number of hydrogen-bond acceptors (Lipinski definition) is 4. The second-order valence-corrected chi connectivity index (χ2v) is 5.31. The molecule has 0 fully saturated rings. The van der Waals surface area contributed by atoms with Gasteiger partial charge in [0.05, 0.1) is 0 Å². The second kappa shape index (κ2) is 9.25. The van der Waals surface area contributed by atoms with Gasteiger partial charge in [-0.05, 0) is 44.0 Å². The first-order chi connectivity index (χ1) is 8.76. The summed E-state index contributed by atoms with van der Waals surface area (Å²) >= 11 is 1.87. The summed E-state index contributed by atoms with van der Waals surface area (Å²) in [6, 6.07) is 8.21. The topological polar surface area (TPSA) is 38.5 Å². The average molecular weight is 268 g/mol. The van der Waals surface area contributed by atoms with Crippen molar-refractivity contribution in [2.24, 2.45) is 5.73 Å². The monoisotopic (exact) mass is 268 g/mol. The van der Waals surface area contributed by atoms with Gasteiger partial charge in [0.25, 0.3) is 0 Å². The third kappa shape index (κ3) is 6.28. The Hall–Kier alpha value is -0.710. The zero-order chi connectivity index (χ0) is 13.2. The van der Waals surface area contributed by atoms with Crippen LogP contribution in [-0.4, -0.2) is 50.2 Å². The first kappa shape index (κ1) is 15.3. The Bertz CT molecular complexity index is 316. The molecule has 0 heterocycles. The average Bonchev–Trinajstić information content (AvgIpc) is 2.39. The van der Waals surface area contributed by atoms with E-state index in [1.54, 1.807) is 0 Å². The van der Waals surface area contributed by atoms with E-state index in [0.29, 0.717) is 6.54 Å². The normalized spacial score (nSPS) is 10.9. The molecule has 0 unspecified atom stereocenters. The van der Waals surface area contributed by atoms with Crippen LogP contribution in [0.4, 0.5) is 0 Å². The zero-order valence-electron chi connectivity index (χ0n) is 11.4. The lowest BCUT2D eigenvalue weighted by molar-refractivity contribution is 0.245. The maximum Gasteiger partial charge on any atom is 0.119 e. The van der Waals surface area contributed by atoms with Crippen LogP contribution in [0.2, 0.25) is 0 Å². The van der Waals surface area contributed by atoms with E-state index in [1.165, 1.54) is 11.3 Å². The van der Waals surface area contributed by atoms with Crippen LogP contribution in [0.3, 0.4) is 0 Å². The largest absolute Gasteiger partial charge is 0.492 e. The van der Waals surface area contributed by atoms with Gasteiger partial charge in [0.15, 0.2) is 0 Å². The number of nitrogens with zero attached hydrogens (tertiary/aromatic N) is 1. The van der Waals surface area contributed by atoms with Crippen molar-refractivity contribution in [2.45, 2.75) is 6.42 Å². The van der Waals surface area contributed by atoms with E-state index in [-0.39, 0.29) is 0 Å². The van der Waals surface area contributed by atoms with Crippen LogP contribution in [-0.2, 0) is 6.42 Å². The number of benzene rings is 1. The van der Waals surface area contributed by atoms with Gasteiger partial charge in [0.1, 0.15) is 12.4 Å². The van der Waals surface area contributed by atoms with Crippen LogP contribution in [0.15, 0.2) is 24.3 Å². The van der Waals surface area contributed by atoms with Crippen LogP contribution in [0, 0.1) is 0 Å². The van der Waals surface area contributed by atoms with Crippen molar-refractivity contribution in [3.8, 4) is 5.75 Å². The van der Waals surface area contributed by atoms with Crippen molar-refractivity contribution >= 4 is 11.8 Å².